The summed E-state index contributed by atoms with van der Waals surface area (Å²) in [6, 6.07) is 11.6. The number of nitrogens with zero attached hydrogens (tertiary/aromatic N) is 2. The summed E-state index contributed by atoms with van der Waals surface area (Å²) < 4.78 is 0. The van der Waals surface area contributed by atoms with Crippen molar-refractivity contribution in [2.45, 2.75) is 13.3 Å². The van der Waals surface area contributed by atoms with E-state index in [0.29, 0.717) is 12.1 Å². The zero-order valence-corrected chi connectivity index (χ0v) is 14.0. The number of pyridine rings is 1. The number of hydrogen-bond donors (Lipinski definition) is 2. The van der Waals surface area contributed by atoms with Crippen LogP contribution in [-0.4, -0.2) is 43.0 Å². The highest BCUT2D eigenvalue weighted by molar-refractivity contribution is 5.92. The van der Waals surface area contributed by atoms with Crippen molar-refractivity contribution in [1.29, 1.82) is 0 Å². The van der Waals surface area contributed by atoms with E-state index < -0.39 is 0 Å². The third kappa shape index (κ3) is 5.71. The predicted octanol–water partition coefficient (Wildman–Crippen LogP) is 2.54. The molecule has 0 spiro atoms. The number of benzene rings is 1. The highest BCUT2D eigenvalue weighted by Crippen LogP contribution is 2.12. The minimum absolute atomic E-state index is 0.0329. The van der Waals surface area contributed by atoms with Gasteiger partial charge < -0.3 is 15.5 Å². The SMILES string of the molecule is Cc1ccccc1CC(=O)Nc1ccc(NCCN(C)C)nc1. The lowest BCUT2D eigenvalue weighted by atomic mass is 10.1. The lowest BCUT2D eigenvalue weighted by Crippen LogP contribution is -2.21. The van der Waals surface area contributed by atoms with Crippen molar-refractivity contribution in [3.05, 3.63) is 53.7 Å². The molecule has 1 heterocycles. The van der Waals surface area contributed by atoms with E-state index in [0.717, 1.165) is 30.0 Å². The van der Waals surface area contributed by atoms with Crippen LogP contribution < -0.4 is 10.6 Å². The molecule has 1 aromatic heterocycles. The Balaban J connectivity index is 1.85. The zero-order chi connectivity index (χ0) is 16.7. The molecule has 2 aromatic rings. The van der Waals surface area contributed by atoms with Crippen LogP contribution in [0.5, 0.6) is 0 Å². The average Bonchev–Trinajstić information content (AvgIpc) is 2.51. The Hall–Kier alpha value is -2.40. The molecule has 23 heavy (non-hydrogen) atoms. The topological polar surface area (TPSA) is 57.3 Å². The first-order valence-electron chi connectivity index (χ1n) is 7.73. The van der Waals surface area contributed by atoms with E-state index in [1.54, 1.807) is 6.20 Å². The molecule has 2 rings (SSSR count). The molecule has 0 radical (unpaired) electrons. The van der Waals surface area contributed by atoms with Gasteiger partial charge in [0.15, 0.2) is 0 Å². The lowest BCUT2D eigenvalue weighted by Gasteiger charge is -2.11. The van der Waals surface area contributed by atoms with Gasteiger partial charge in [0.2, 0.25) is 5.91 Å². The third-order valence-electron chi connectivity index (χ3n) is 3.52. The maximum atomic E-state index is 12.1. The molecular formula is C18H24N4O. The molecule has 5 nitrogen and oxygen atoms in total. The number of rotatable bonds is 7. The van der Waals surface area contributed by atoms with E-state index in [-0.39, 0.29) is 5.91 Å². The minimum atomic E-state index is -0.0329. The van der Waals surface area contributed by atoms with Crippen LogP contribution in [-0.2, 0) is 11.2 Å². The standard InChI is InChI=1S/C18H24N4O/c1-14-6-4-5-7-15(14)12-18(23)21-16-8-9-17(20-13-16)19-10-11-22(2)3/h4-9,13H,10-12H2,1-3H3,(H,19,20)(H,21,23). The van der Waals surface area contributed by atoms with Gasteiger partial charge in [0.1, 0.15) is 5.82 Å². The Morgan fingerprint density at radius 1 is 1.17 bits per heavy atom. The van der Waals surface area contributed by atoms with Crippen molar-refractivity contribution in [1.82, 2.24) is 9.88 Å². The Kier molecular flexibility index (Phi) is 6.11. The van der Waals surface area contributed by atoms with Crippen LogP contribution in [0.1, 0.15) is 11.1 Å². The summed E-state index contributed by atoms with van der Waals surface area (Å²) in [4.78, 5) is 18.5. The first-order chi connectivity index (χ1) is 11.0. The quantitative estimate of drug-likeness (QED) is 0.825. The maximum Gasteiger partial charge on any atom is 0.228 e. The van der Waals surface area contributed by atoms with E-state index >= 15 is 0 Å². The average molecular weight is 312 g/mol. The van der Waals surface area contributed by atoms with Gasteiger partial charge in [-0.15, -0.1) is 0 Å². The first kappa shape index (κ1) is 17.0. The normalized spacial score (nSPS) is 10.6. The Labute approximate surface area is 137 Å². The third-order valence-corrected chi connectivity index (χ3v) is 3.52. The number of aryl methyl sites for hydroxylation is 1. The molecule has 0 unspecified atom stereocenters. The summed E-state index contributed by atoms with van der Waals surface area (Å²) in [5.74, 6) is 0.776. The molecule has 0 aliphatic heterocycles. The van der Waals surface area contributed by atoms with Crippen molar-refractivity contribution in [3.63, 3.8) is 0 Å². The Morgan fingerprint density at radius 3 is 2.61 bits per heavy atom. The number of hydrogen-bond acceptors (Lipinski definition) is 4. The fourth-order valence-electron chi connectivity index (χ4n) is 2.17. The summed E-state index contributed by atoms with van der Waals surface area (Å²) >= 11 is 0. The van der Waals surface area contributed by atoms with Crippen LogP contribution in [0.3, 0.4) is 0 Å². The highest BCUT2D eigenvalue weighted by Gasteiger charge is 2.06. The molecule has 2 N–H and O–H groups in total. The van der Waals surface area contributed by atoms with Gasteiger partial charge in [0.05, 0.1) is 18.3 Å². The highest BCUT2D eigenvalue weighted by atomic mass is 16.1. The second kappa shape index (κ2) is 8.29. The number of nitrogens with one attached hydrogen (secondary N) is 2. The number of anilines is 2. The summed E-state index contributed by atoms with van der Waals surface area (Å²) in [5.41, 5.74) is 2.88. The van der Waals surface area contributed by atoms with Crippen molar-refractivity contribution in [2.75, 3.05) is 37.8 Å². The van der Waals surface area contributed by atoms with Crippen molar-refractivity contribution >= 4 is 17.4 Å². The van der Waals surface area contributed by atoms with Crippen molar-refractivity contribution in [2.24, 2.45) is 0 Å². The van der Waals surface area contributed by atoms with Crippen LogP contribution >= 0.6 is 0 Å². The summed E-state index contributed by atoms with van der Waals surface area (Å²) in [6.45, 7) is 3.79. The largest absolute Gasteiger partial charge is 0.369 e. The van der Waals surface area contributed by atoms with E-state index in [2.05, 4.69) is 20.5 Å². The summed E-state index contributed by atoms with van der Waals surface area (Å²) in [5, 5.41) is 6.12. The molecule has 0 aliphatic carbocycles. The zero-order valence-electron chi connectivity index (χ0n) is 14.0. The van der Waals surface area contributed by atoms with Crippen molar-refractivity contribution < 1.29 is 4.79 Å². The van der Waals surface area contributed by atoms with Crippen LogP contribution in [0, 0.1) is 6.92 Å². The second-order valence-electron chi connectivity index (χ2n) is 5.81. The van der Waals surface area contributed by atoms with Crippen LogP contribution in [0.15, 0.2) is 42.6 Å². The molecule has 1 amide bonds. The molecule has 0 aliphatic rings. The molecule has 0 saturated heterocycles. The smallest absolute Gasteiger partial charge is 0.228 e. The van der Waals surface area contributed by atoms with Gasteiger partial charge in [-0.1, -0.05) is 24.3 Å². The molecular weight excluding hydrogens is 288 g/mol. The molecule has 0 atom stereocenters. The fourth-order valence-corrected chi connectivity index (χ4v) is 2.17. The lowest BCUT2D eigenvalue weighted by molar-refractivity contribution is -0.115. The van der Waals surface area contributed by atoms with E-state index in [1.165, 1.54) is 0 Å². The van der Waals surface area contributed by atoms with Gasteiger partial charge in [-0.05, 0) is 44.3 Å². The molecule has 0 saturated carbocycles. The predicted molar refractivity (Wildman–Crippen MR) is 94.8 cm³/mol. The monoisotopic (exact) mass is 312 g/mol. The number of amides is 1. The Bertz CT molecular complexity index is 638. The molecule has 0 fully saturated rings. The minimum Gasteiger partial charge on any atom is -0.369 e. The van der Waals surface area contributed by atoms with Crippen molar-refractivity contribution in [3.8, 4) is 0 Å². The summed E-state index contributed by atoms with van der Waals surface area (Å²) in [6.07, 6.45) is 2.04. The number of aromatic nitrogens is 1. The molecule has 1 aromatic carbocycles. The van der Waals surface area contributed by atoms with E-state index in [4.69, 9.17) is 0 Å². The van der Waals surface area contributed by atoms with Gasteiger partial charge in [0, 0.05) is 13.1 Å². The van der Waals surface area contributed by atoms with Gasteiger partial charge in [-0.25, -0.2) is 4.98 Å². The van der Waals surface area contributed by atoms with Gasteiger partial charge >= 0.3 is 0 Å². The van der Waals surface area contributed by atoms with Gasteiger partial charge in [-0.3, -0.25) is 4.79 Å². The van der Waals surface area contributed by atoms with Crippen LogP contribution in [0.4, 0.5) is 11.5 Å². The summed E-state index contributed by atoms with van der Waals surface area (Å²) in [7, 11) is 4.06. The van der Waals surface area contributed by atoms with Crippen LogP contribution in [0.2, 0.25) is 0 Å². The Morgan fingerprint density at radius 2 is 1.96 bits per heavy atom. The fraction of sp³-hybridized carbons (Fsp3) is 0.333. The van der Waals surface area contributed by atoms with E-state index in [9.17, 15) is 4.79 Å². The van der Waals surface area contributed by atoms with Gasteiger partial charge in [-0.2, -0.15) is 0 Å². The molecule has 0 bridgehead atoms. The molecule has 5 heteroatoms. The number of carbonyl (C=O) groups is 1. The number of carbonyl (C=O) groups excluding carboxylic acids is 1. The van der Waals surface area contributed by atoms with Gasteiger partial charge in [0.25, 0.3) is 0 Å². The molecule has 122 valence electrons. The maximum absolute atomic E-state index is 12.1. The first-order valence-corrected chi connectivity index (χ1v) is 7.73. The van der Waals surface area contributed by atoms with Crippen LogP contribution in [0.25, 0.3) is 0 Å². The number of likely N-dealkylation sites (N-methyl/N-ethyl adjacent to an activating group) is 1. The van der Waals surface area contributed by atoms with E-state index in [1.807, 2.05) is 57.4 Å². The second-order valence-corrected chi connectivity index (χ2v) is 5.81.